The maximum Gasteiger partial charge on any atom is 0.339 e. The largest absolute Gasteiger partial charge is 0.489 e. The smallest absolute Gasteiger partial charge is 0.339 e. The maximum atomic E-state index is 13.8. The van der Waals surface area contributed by atoms with Gasteiger partial charge in [-0.2, -0.15) is 0 Å². The van der Waals surface area contributed by atoms with E-state index in [4.69, 9.17) is 20.8 Å². The lowest BCUT2D eigenvalue weighted by atomic mass is 9.91. The van der Waals surface area contributed by atoms with E-state index in [-0.39, 0.29) is 12.2 Å². The molecule has 0 fully saturated rings. The van der Waals surface area contributed by atoms with Crippen LogP contribution in [-0.4, -0.2) is 0 Å². The van der Waals surface area contributed by atoms with Crippen LogP contribution in [0.2, 0.25) is 5.02 Å². The molecule has 0 amide bonds. The van der Waals surface area contributed by atoms with Crippen LogP contribution in [0.1, 0.15) is 29.5 Å². The van der Waals surface area contributed by atoms with E-state index in [1.54, 1.807) is 18.2 Å². The predicted molar refractivity (Wildman–Crippen MR) is 94.9 cm³/mol. The number of halogens is 2. The summed E-state index contributed by atoms with van der Waals surface area (Å²) in [5.74, 6) is 0.0969. The van der Waals surface area contributed by atoms with Gasteiger partial charge in [0.2, 0.25) is 0 Å². The van der Waals surface area contributed by atoms with E-state index in [1.165, 1.54) is 6.07 Å². The molecule has 3 nitrogen and oxygen atoms in total. The Kier molecular flexibility index (Phi) is 4.22. The highest BCUT2D eigenvalue weighted by molar-refractivity contribution is 6.31. The van der Waals surface area contributed by atoms with Crippen LogP contribution in [0.3, 0.4) is 0 Å². The molecule has 1 aromatic heterocycles. The molecule has 0 bridgehead atoms. The van der Waals surface area contributed by atoms with Crippen LogP contribution in [0.5, 0.6) is 5.75 Å². The van der Waals surface area contributed by atoms with E-state index < -0.39 is 5.82 Å². The van der Waals surface area contributed by atoms with Gasteiger partial charge in [0.25, 0.3) is 0 Å². The van der Waals surface area contributed by atoms with Crippen molar-refractivity contribution in [3.63, 3.8) is 0 Å². The monoisotopic (exact) mass is 358 g/mol. The first-order chi connectivity index (χ1) is 12.1. The predicted octanol–water partition coefficient (Wildman–Crippen LogP) is 5.04. The summed E-state index contributed by atoms with van der Waals surface area (Å²) < 4.78 is 24.9. The van der Waals surface area contributed by atoms with Gasteiger partial charge in [-0.3, -0.25) is 0 Å². The van der Waals surface area contributed by atoms with Crippen LogP contribution in [0, 0.1) is 5.82 Å². The Bertz CT molecular complexity index is 989. The van der Waals surface area contributed by atoms with E-state index in [0.29, 0.717) is 21.9 Å². The maximum absolute atomic E-state index is 13.8. The van der Waals surface area contributed by atoms with E-state index in [0.717, 1.165) is 42.2 Å². The summed E-state index contributed by atoms with van der Waals surface area (Å²) in [4.78, 5) is 12.2. The standard InChI is InChI=1S/C20H16ClFO3/c21-17-6-3-7-18(22)16(17)11-24-12-8-9-14-13-4-1-2-5-15(13)20(23)25-19(14)10-12/h3,6-10H,1-2,4-5,11H2. The van der Waals surface area contributed by atoms with Crippen LogP contribution >= 0.6 is 11.6 Å². The summed E-state index contributed by atoms with van der Waals surface area (Å²) in [6.45, 7) is 0.00614. The molecular formula is C20H16ClFO3. The molecule has 0 saturated heterocycles. The Balaban J connectivity index is 1.67. The van der Waals surface area contributed by atoms with Crippen molar-refractivity contribution < 1.29 is 13.5 Å². The molecule has 5 heteroatoms. The molecule has 0 atom stereocenters. The summed E-state index contributed by atoms with van der Waals surface area (Å²) in [6, 6.07) is 9.91. The zero-order valence-corrected chi connectivity index (χ0v) is 14.2. The second kappa shape index (κ2) is 6.52. The van der Waals surface area contributed by atoms with Crippen LogP contribution in [0.4, 0.5) is 4.39 Å². The van der Waals surface area contributed by atoms with E-state index in [1.807, 2.05) is 12.1 Å². The van der Waals surface area contributed by atoms with Crippen molar-refractivity contribution in [2.45, 2.75) is 32.3 Å². The van der Waals surface area contributed by atoms with Crippen molar-refractivity contribution in [2.24, 2.45) is 0 Å². The van der Waals surface area contributed by atoms with Crippen molar-refractivity contribution >= 4 is 22.6 Å². The van der Waals surface area contributed by atoms with Gasteiger partial charge in [0.05, 0.1) is 5.02 Å². The fourth-order valence-corrected chi connectivity index (χ4v) is 3.56. The topological polar surface area (TPSA) is 39.4 Å². The second-order valence-corrected chi connectivity index (χ2v) is 6.61. The molecule has 0 radical (unpaired) electrons. The highest BCUT2D eigenvalue weighted by Crippen LogP contribution is 2.29. The molecule has 0 saturated carbocycles. The highest BCUT2D eigenvalue weighted by atomic mass is 35.5. The van der Waals surface area contributed by atoms with Crippen molar-refractivity contribution in [1.82, 2.24) is 0 Å². The summed E-state index contributed by atoms with van der Waals surface area (Å²) in [5, 5.41) is 1.27. The van der Waals surface area contributed by atoms with Gasteiger partial charge < -0.3 is 9.15 Å². The molecule has 128 valence electrons. The molecule has 3 aromatic rings. The Labute approximate surface area is 149 Å². The van der Waals surface area contributed by atoms with Gasteiger partial charge in [0.15, 0.2) is 0 Å². The van der Waals surface area contributed by atoms with Crippen molar-refractivity contribution in [3.05, 3.63) is 74.3 Å². The normalized spacial score (nSPS) is 13.7. The van der Waals surface area contributed by atoms with Crippen LogP contribution in [0.15, 0.2) is 45.6 Å². The molecule has 0 unspecified atom stereocenters. The van der Waals surface area contributed by atoms with E-state index in [9.17, 15) is 9.18 Å². The number of fused-ring (bicyclic) bond motifs is 3. The number of hydrogen-bond donors (Lipinski definition) is 0. The molecule has 2 aromatic carbocycles. The first-order valence-electron chi connectivity index (χ1n) is 8.28. The number of benzene rings is 2. The number of aryl methyl sites for hydroxylation is 1. The summed E-state index contributed by atoms with van der Waals surface area (Å²) in [7, 11) is 0. The summed E-state index contributed by atoms with van der Waals surface area (Å²) in [6.07, 6.45) is 3.77. The van der Waals surface area contributed by atoms with Gasteiger partial charge in [-0.15, -0.1) is 0 Å². The van der Waals surface area contributed by atoms with Crippen LogP contribution in [0.25, 0.3) is 11.0 Å². The second-order valence-electron chi connectivity index (χ2n) is 6.20. The minimum atomic E-state index is -0.408. The first-order valence-corrected chi connectivity index (χ1v) is 8.65. The van der Waals surface area contributed by atoms with Crippen molar-refractivity contribution in [2.75, 3.05) is 0 Å². The van der Waals surface area contributed by atoms with E-state index in [2.05, 4.69) is 0 Å². The Morgan fingerprint density at radius 2 is 1.92 bits per heavy atom. The SMILES string of the molecule is O=c1oc2cc(OCc3c(F)cccc3Cl)ccc2c2c1CCCC2. The lowest BCUT2D eigenvalue weighted by molar-refractivity contribution is 0.300. The molecule has 25 heavy (non-hydrogen) atoms. The Morgan fingerprint density at radius 1 is 1.12 bits per heavy atom. The van der Waals surface area contributed by atoms with Gasteiger partial charge in [-0.05, 0) is 55.5 Å². The molecule has 1 heterocycles. The number of ether oxygens (including phenoxy) is 1. The molecular weight excluding hydrogens is 343 g/mol. The first kappa shape index (κ1) is 16.2. The molecule has 4 rings (SSSR count). The third-order valence-corrected chi connectivity index (χ3v) is 4.99. The minimum Gasteiger partial charge on any atom is -0.489 e. The zero-order chi connectivity index (χ0) is 17.4. The third kappa shape index (κ3) is 3.02. The van der Waals surface area contributed by atoms with Gasteiger partial charge in [0.1, 0.15) is 23.8 Å². The Morgan fingerprint density at radius 3 is 2.72 bits per heavy atom. The third-order valence-electron chi connectivity index (χ3n) is 4.64. The molecule has 1 aliphatic carbocycles. The summed E-state index contributed by atoms with van der Waals surface area (Å²) >= 11 is 6.01. The van der Waals surface area contributed by atoms with Crippen molar-refractivity contribution in [1.29, 1.82) is 0 Å². The highest BCUT2D eigenvalue weighted by Gasteiger charge is 2.18. The molecule has 0 aliphatic heterocycles. The van der Waals surface area contributed by atoms with Crippen LogP contribution in [-0.2, 0) is 19.4 Å². The van der Waals surface area contributed by atoms with Crippen LogP contribution < -0.4 is 10.4 Å². The lowest BCUT2D eigenvalue weighted by Crippen LogP contribution is -2.15. The zero-order valence-electron chi connectivity index (χ0n) is 13.5. The molecule has 0 spiro atoms. The quantitative estimate of drug-likeness (QED) is 0.615. The van der Waals surface area contributed by atoms with Crippen molar-refractivity contribution in [3.8, 4) is 5.75 Å². The Hall–Kier alpha value is -2.33. The number of rotatable bonds is 3. The lowest BCUT2D eigenvalue weighted by Gasteiger charge is -2.16. The average Bonchev–Trinajstić information content (AvgIpc) is 2.61. The van der Waals surface area contributed by atoms with Gasteiger partial charge in [0, 0.05) is 22.6 Å². The van der Waals surface area contributed by atoms with Gasteiger partial charge in [-0.1, -0.05) is 17.7 Å². The number of hydrogen-bond acceptors (Lipinski definition) is 3. The van der Waals surface area contributed by atoms with E-state index >= 15 is 0 Å². The fourth-order valence-electron chi connectivity index (χ4n) is 3.34. The molecule has 1 aliphatic rings. The fraction of sp³-hybridized carbons (Fsp3) is 0.250. The van der Waals surface area contributed by atoms with Gasteiger partial charge >= 0.3 is 5.63 Å². The summed E-state index contributed by atoms with van der Waals surface area (Å²) in [5.41, 5.74) is 2.42. The molecule has 0 N–H and O–H groups in total. The minimum absolute atomic E-state index is 0.00614. The average molecular weight is 359 g/mol. The van der Waals surface area contributed by atoms with Gasteiger partial charge in [-0.25, -0.2) is 9.18 Å².